The van der Waals surface area contributed by atoms with Gasteiger partial charge in [0.2, 0.25) is 0 Å². The van der Waals surface area contributed by atoms with Gasteiger partial charge >= 0.3 is 0 Å². The summed E-state index contributed by atoms with van der Waals surface area (Å²) in [5.74, 6) is 1.06. The van der Waals surface area contributed by atoms with E-state index in [2.05, 4.69) is 38.2 Å². The van der Waals surface area contributed by atoms with Crippen LogP contribution in [-0.2, 0) is 0 Å². The summed E-state index contributed by atoms with van der Waals surface area (Å²) in [4.78, 5) is 0. The molecule has 0 aliphatic carbocycles. The summed E-state index contributed by atoms with van der Waals surface area (Å²) in [5, 5.41) is 3.38. The number of piperidine rings is 1. The highest BCUT2D eigenvalue weighted by Gasteiger charge is 2.15. The Bertz CT molecular complexity index is 367. The van der Waals surface area contributed by atoms with Gasteiger partial charge in [-0.3, -0.25) is 0 Å². The predicted octanol–water partition coefficient (Wildman–Crippen LogP) is 2.74. The molecule has 0 saturated carbocycles. The van der Waals surface area contributed by atoms with Crippen molar-refractivity contribution in [2.24, 2.45) is 0 Å². The standard InChI is InChI=1S/C14H21NO/c1-10-7-11(2)12(3)14(8-10)16-13-5-4-6-15-9-13/h7-8,13,15H,4-6,9H2,1-3H3/t13-/m1/s1. The Morgan fingerprint density at radius 1 is 1.25 bits per heavy atom. The first-order chi connectivity index (χ1) is 7.66. The largest absolute Gasteiger partial charge is 0.489 e. The summed E-state index contributed by atoms with van der Waals surface area (Å²) in [6.07, 6.45) is 2.72. The smallest absolute Gasteiger partial charge is 0.123 e. The fourth-order valence-electron chi connectivity index (χ4n) is 2.22. The Morgan fingerprint density at radius 2 is 2.06 bits per heavy atom. The highest BCUT2D eigenvalue weighted by atomic mass is 16.5. The van der Waals surface area contributed by atoms with E-state index in [0.717, 1.165) is 18.8 Å². The molecule has 1 aromatic rings. The van der Waals surface area contributed by atoms with Gasteiger partial charge in [-0.2, -0.15) is 0 Å². The van der Waals surface area contributed by atoms with Gasteiger partial charge in [0.25, 0.3) is 0 Å². The van der Waals surface area contributed by atoms with Gasteiger partial charge in [0.05, 0.1) is 0 Å². The topological polar surface area (TPSA) is 21.3 Å². The zero-order valence-corrected chi connectivity index (χ0v) is 10.5. The number of ether oxygens (including phenoxy) is 1. The van der Waals surface area contributed by atoms with Crippen LogP contribution in [0.3, 0.4) is 0 Å². The average Bonchev–Trinajstić information content (AvgIpc) is 2.27. The fraction of sp³-hybridized carbons (Fsp3) is 0.571. The summed E-state index contributed by atoms with van der Waals surface area (Å²) in [7, 11) is 0. The molecule has 1 fully saturated rings. The van der Waals surface area contributed by atoms with Crippen LogP contribution in [0.2, 0.25) is 0 Å². The van der Waals surface area contributed by atoms with Crippen LogP contribution in [0.5, 0.6) is 5.75 Å². The molecule has 2 nitrogen and oxygen atoms in total. The molecule has 0 amide bonds. The molecule has 1 atom stereocenters. The number of aryl methyl sites for hydroxylation is 2. The van der Waals surface area contributed by atoms with Gasteiger partial charge in [-0.15, -0.1) is 0 Å². The number of hydrogen-bond donors (Lipinski definition) is 1. The quantitative estimate of drug-likeness (QED) is 0.826. The zero-order chi connectivity index (χ0) is 11.5. The minimum atomic E-state index is 0.341. The number of rotatable bonds is 2. The van der Waals surface area contributed by atoms with Crippen LogP contribution in [-0.4, -0.2) is 19.2 Å². The molecule has 2 rings (SSSR count). The average molecular weight is 219 g/mol. The van der Waals surface area contributed by atoms with E-state index in [9.17, 15) is 0 Å². The maximum Gasteiger partial charge on any atom is 0.123 e. The summed E-state index contributed by atoms with van der Waals surface area (Å²) in [6.45, 7) is 8.52. The van der Waals surface area contributed by atoms with Crippen molar-refractivity contribution in [1.29, 1.82) is 0 Å². The van der Waals surface area contributed by atoms with Crippen molar-refractivity contribution in [2.45, 2.75) is 39.7 Å². The highest BCUT2D eigenvalue weighted by Crippen LogP contribution is 2.25. The highest BCUT2D eigenvalue weighted by molar-refractivity contribution is 5.42. The minimum absolute atomic E-state index is 0.341. The third-order valence-corrected chi connectivity index (χ3v) is 3.31. The summed E-state index contributed by atoms with van der Waals surface area (Å²) >= 11 is 0. The Balaban J connectivity index is 2.13. The molecule has 0 radical (unpaired) electrons. The number of benzene rings is 1. The molecule has 0 spiro atoms. The Labute approximate surface area is 98.0 Å². The Kier molecular flexibility index (Phi) is 3.49. The first-order valence-electron chi connectivity index (χ1n) is 6.12. The first kappa shape index (κ1) is 11.5. The molecular formula is C14H21NO. The summed E-state index contributed by atoms with van der Waals surface area (Å²) in [6, 6.07) is 4.36. The number of nitrogens with one attached hydrogen (secondary N) is 1. The van der Waals surface area contributed by atoms with E-state index in [1.165, 1.54) is 29.5 Å². The van der Waals surface area contributed by atoms with Gasteiger partial charge in [0, 0.05) is 6.54 Å². The second-order valence-corrected chi connectivity index (χ2v) is 4.79. The lowest BCUT2D eigenvalue weighted by Gasteiger charge is -2.25. The van der Waals surface area contributed by atoms with E-state index in [0.29, 0.717) is 6.10 Å². The molecule has 0 bridgehead atoms. The molecule has 1 aromatic carbocycles. The van der Waals surface area contributed by atoms with Crippen LogP contribution >= 0.6 is 0 Å². The van der Waals surface area contributed by atoms with Crippen LogP contribution in [0.1, 0.15) is 29.5 Å². The Hall–Kier alpha value is -1.02. The molecule has 0 aromatic heterocycles. The van der Waals surface area contributed by atoms with Gasteiger partial charge in [-0.25, -0.2) is 0 Å². The maximum absolute atomic E-state index is 6.09. The molecule has 1 aliphatic heterocycles. The molecule has 16 heavy (non-hydrogen) atoms. The molecule has 1 aliphatic rings. The normalized spacial score (nSPS) is 20.8. The molecule has 1 saturated heterocycles. The predicted molar refractivity (Wildman–Crippen MR) is 67.2 cm³/mol. The van der Waals surface area contributed by atoms with E-state index in [1.54, 1.807) is 0 Å². The molecule has 1 N–H and O–H groups in total. The monoisotopic (exact) mass is 219 g/mol. The van der Waals surface area contributed by atoms with Gasteiger partial charge < -0.3 is 10.1 Å². The van der Waals surface area contributed by atoms with E-state index in [4.69, 9.17) is 4.74 Å². The summed E-state index contributed by atoms with van der Waals surface area (Å²) in [5.41, 5.74) is 3.87. The molecular weight excluding hydrogens is 198 g/mol. The van der Waals surface area contributed by atoms with Crippen molar-refractivity contribution in [3.8, 4) is 5.75 Å². The minimum Gasteiger partial charge on any atom is -0.489 e. The van der Waals surface area contributed by atoms with E-state index in [-0.39, 0.29) is 0 Å². The van der Waals surface area contributed by atoms with Gasteiger partial charge in [0.15, 0.2) is 0 Å². The molecule has 2 heteroatoms. The van der Waals surface area contributed by atoms with Crippen molar-refractivity contribution >= 4 is 0 Å². The Morgan fingerprint density at radius 3 is 2.75 bits per heavy atom. The van der Waals surface area contributed by atoms with Crippen LogP contribution in [0, 0.1) is 20.8 Å². The SMILES string of the molecule is Cc1cc(C)c(C)c(O[C@@H]2CCCNC2)c1. The first-order valence-corrected chi connectivity index (χ1v) is 6.12. The van der Waals surface area contributed by atoms with Crippen LogP contribution in [0.4, 0.5) is 0 Å². The van der Waals surface area contributed by atoms with Crippen molar-refractivity contribution < 1.29 is 4.74 Å². The summed E-state index contributed by atoms with van der Waals surface area (Å²) < 4.78 is 6.09. The van der Waals surface area contributed by atoms with Crippen molar-refractivity contribution in [3.05, 3.63) is 28.8 Å². The lowest BCUT2D eigenvalue weighted by Crippen LogP contribution is -2.37. The second-order valence-electron chi connectivity index (χ2n) is 4.79. The lowest BCUT2D eigenvalue weighted by molar-refractivity contribution is 0.166. The molecule has 1 heterocycles. The lowest BCUT2D eigenvalue weighted by atomic mass is 10.1. The fourth-order valence-corrected chi connectivity index (χ4v) is 2.22. The third-order valence-electron chi connectivity index (χ3n) is 3.31. The maximum atomic E-state index is 6.09. The van der Waals surface area contributed by atoms with Crippen LogP contribution in [0.15, 0.2) is 12.1 Å². The van der Waals surface area contributed by atoms with Crippen molar-refractivity contribution in [2.75, 3.05) is 13.1 Å². The zero-order valence-electron chi connectivity index (χ0n) is 10.5. The van der Waals surface area contributed by atoms with Gasteiger partial charge in [0.1, 0.15) is 11.9 Å². The number of hydrogen-bond acceptors (Lipinski definition) is 2. The van der Waals surface area contributed by atoms with Crippen LogP contribution in [0.25, 0.3) is 0 Å². The molecule has 0 unspecified atom stereocenters. The van der Waals surface area contributed by atoms with E-state index >= 15 is 0 Å². The van der Waals surface area contributed by atoms with E-state index < -0.39 is 0 Å². The third kappa shape index (κ3) is 2.56. The second kappa shape index (κ2) is 4.88. The van der Waals surface area contributed by atoms with Crippen LogP contribution < -0.4 is 10.1 Å². The van der Waals surface area contributed by atoms with Gasteiger partial charge in [-0.05, 0) is 62.9 Å². The molecule has 88 valence electrons. The van der Waals surface area contributed by atoms with E-state index in [1.807, 2.05) is 0 Å². The van der Waals surface area contributed by atoms with Crippen molar-refractivity contribution in [3.63, 3.8) is 0 Å². The van der Waals surface area contributed by atoms with Crippen molar-refractivity contribution in [1.82, 2.24) is 5.32 Å². The van der Waals surface area contributed by atoms with Gasteiger partial charge in [-0.1, -0.05) is 6.07 Å².